The van der Waals surface area contributed by atoms with Crippen molar-refractivity contribution in [3.63, 3.8) is 0 Å². The molecule has 2 aliphatic heterocycles. The van der Waals surface area contributed by atoms with Crippen LogP contribution in [-0.4, -0.2) is 88.6 Å². The Balaban J connectivity index is 1.40. The molecule has 228 valence electrons. The first-order valence-corrected chi connectivity index (χ1v) is 15.8. The fourth-order valence-corrected chi connectivity index (χ4v) is 6.53. The number of hydrogen-bond donors (Lipinski definition) is 1. The molecule has 1 aromatic carbocycles. The largest absolute Gasteiger partial charge is 0.369 e. The predicted octanol–water partition coefficient (Wildman–Crippen LogP) is 6.22. The van der Waals surface area contributed by atoms with E-state index in [-0.39, 0.29) is 11.9 Å². The summed E-state index contributed by atoms with van der Waals surface area (Å²) in [6.07, 6.45) is 10.1. The highest BCUT2D eigenvalue weighted by atomic mass is 35.5. The Morgan fingerprint density at radius 3 is 2.33 bits per heavy atom. The standard InChI is InChI=1S/C35H45ClN6O/c1-7-29(42-22-20-39(5)21-23-42)13-8-25(4)33-31(32-30(36)14-17-37-34(32)40(33)6)26-9-11-27(12-10-26)35(43)38-28-15-18-41(19-16-28)24(2)3/h7-14,17,24,28H,4,15-16,18-23H2,1-3,5-6H3,(H,38,43). The number of likely N-dealkylation sites (tertiary alicyclic amines) is 1. The number of carbonyl (C=O) groups is 1. The average molecular weight is 601 g/mol. The van der Waals surface area contributed by atoms with Crippen molar-refractivity contribution in [2.75, 3.05) is 46.3 Å². The van der Waals surface area contributed by atoms with Gasteiger partial charge in [-0.25, -0.2) is 4.98 Å². The van der Waals surface area contributed by atoms with Crippen LogP contribution in [0, 0.1) is 0 Å². The quantitative estimate of drug-likeness (QED) is 0.311. The molecule has 8 heteroatoms. The summed E-state index contributed by atoms with van der Waals surface area (Å²) in [6.45, 7) is 17.2. The minimum atomic E-state index is -0.0254. The van der Waals surface area contributed by atoms with Gasteiger partial charge in [0.15, 0.2) is 0 Å². The van der Waals surface area contributed by atoms with E-state index < -0.39 is 0 Å². The van der Waals surface area contributed by atoms with Gasteiger partial charge >= 0.3 is 0 Å². The van der Waals surface area contributed by atoms with E-state index in [1.165, 1.54) is 5.70 Å². The number of fused-ring (bicyclic) bond motifs is 1. The summed E-state index contributed by atoms with van der Waals surface area (Å²) in [6, 6.07) is 10.4. The number of aromatic nitrogens is 2. The van der Waals surface area contributed by atoms with Crippen LogP contribution in [0.15, 0.2) is 67.0 Å². The van der Waals surface area contributed by atoms with Gasteiger partial charge in [-0.3, -0.25) is 4.79 Å². The molecule has 5 rings (SSSR count). The second-order valence-electron chi connectivity index (χ2n) is 12.1. The van der Waals surface area contributed by atoms with Crippen molar-refractivity contribution in [1.82, 2.24) is 29.6 Å². The molecule has 0 saturated carbocycles. The van der Waals surface area contributed by atoms with Gasteiger partial charge in [-0.1, -0.05) is 42.5 Å². The molecule has 2 saturated heterocycles. The zero-order valence-corrected chi connectivity index (χ0v) is 27.0. The third-order valence-corrected chi connectivity index (χ3v) is 9.29. The summed E-state index contributed by atoms with van der Waals surface area (Å²) < 4.78 is 2.07. The van der Waals surface area contributed by atoms with Crippen LogP contribution < -0.4 is 5.32 Å². The van der Waals surface area contributed by atoms with Gasteiger partial charge in [0.2, 0.25) is 0 Å². The number of hydrogen-bond acceptors (Lipinski definition) is 5. The summed E-state index contributed by atoms with van der Waals surface area (Å²) in [7, 11) is 4.17. The van der Waals surface area contributed by atoms with Crippen molar-refractivity contribution in [2.45, 2.75) is 45.7 Å². The number of piperidine rings is 1. The Morgan fingerprint density at radius 2 is 1.70 bits per heavy atom. The molecule has 0 radical (unpaired) electrons. The summed E-state index contributed by atoms with van der Waals surface area (Å²) in [5, 5.41) is 4.78. The molecule has 0 aliphatic carbocycles. The Hall–Kier alpha value is -3.39. The second kappa shape index (κ2) is 13.5. The van der Waals surface area contributed by atoms with Gasteiger partial charge in [0.25, 0.3) is 5.91 Å². The van der Waals surface area contributed by atoms with E-state index in [1.807, 2.05) is 37.4 Å². The Kier molecular flexibility index (Phi) is 9.75. The monoisotopic (exact) mass is 600 g/mol. The highest BCUT2D eigenvalue weighted by Gasteiger charge is 2.24. The summed E-state index contributed by atoms with van der Waals surface area (Å²) in [4.78, 5) is 25.1. The molecule has 0 bridgehead atoms. The van der Waals surface area contributed by atoms with Gasteiger partial charge in [-0.05, 0) is 76.1 Å². The van der Waals surface area contributed by atoms with E-state index in [0.29, 0.717) is 16.6 Å². The van der Waals surface area contributed by atoms with E-state index in [4.69, 9.17) is 11.6 Å². The third-order valence-electron chi connectivity index (χ3n) is 8.97. The van der Waals surface area contributed by atoms with Crippen LogP contribution in [0.5, 0.6) is 0 Å². The lowest BCUT2D eigenvalue weighted by Gasteiger charge is -2.34. The number of aryl methyl sites for hydroxylation is 1. The van der Waals surface area contributed by atoms with Crippen LogP contribution in [0.2, 0.25) is 5.02 Å². The maximum atomic E-state index is 13.2. The SMILES string of the molecule is C=C(C=CC(=CC)N1CCN(C)CC1)c1c(-c2ccc(C(=O)NC3CCN(C(C)C)CC3)cc2)c2c(Cl)ccnc2n1C. The summed E-state index contributed by atoms with van der Waals surface area (Å²) >= 11 is 6.80. The van der Waals surface area contributed by atoms with Gasteiger partial charge in [-0.15, -0.1) is 0 Å². The lowest BCUT2D eigenvalue weighted by molar-refractivity contribution is 0.0900. The molecule has 4 heterocycles. The molecular weight excluding hydrogens is 556 g/mol. The lowest BCUT2D eigenvalue weighted by atomic mass is 9.97. The maximum Gasteiger partial charge on any atom is 0.251 e. The lowest BCUT2D eigenvalue weighted by Crippen LogP contribution is -2.46. The molecule has 1 amide bonds. The van der Waals surface area contributed by atoms with Crippen LogP contribution in [0.4, 0.5) is 0 Å². The van der Waals surface area contributed by atoms with E-state index in [2.05, 4.69) is 82.2 Å². The number of allylic oxidation sites excluding steroid dienone is 4. The van der Waals surface area contributed by atoms with Gasteiger partial charge in [0, 0.05) is 86.8 Å². The Bertz CT molecular complexity index is 1520. The first kappa shape index (κ1) is 31.0. The third kappa shape index (κ3) is 6.74. The minimum Gasteiger partial charge on any atom is -0.369 e. The van der Waals surface area contributed by atoms with Crippen LogP contribution in [0.3, 0.4) is 0 Å². The van der Waals surface area contributed by atoms with Crippen molar-refractivity contribution in [1.29, 1.82) is 0 Å². The molecule has 0 atom stereocenters. The topological polar surface area (TPSA) is 56.6 Å². The van der Waals surface area contributed by atoms with Crippen LogP contribution in [0.1, 0.15) is 49.7 Å². The first-order chi connectivity index (χ1) is 20.7. The molecule has 43 heavy (non-hydrogen) atoms. The molecule has 3 aromatic rings. The fourth-order valence-electron chi connectivity index (χ4n) is 6.29. The molecule has 2 aliphatic rings. The number of nitrogens with zero attached hydrogens (tertiary/aromatic N) is 5. The van der Waals surface area contributed by atoms with E-state index >= 15 is 0 Å². The molecular formula is C35H45ClN6O. The number of halogens is 1. The number of piperazine rings is 1. The first-order valence-electron chi connectivity index (χ1n) is 15.4. The normalized spacial score (nSPS) is 17.8. The minimum absolute atomic E-state index is 0.0254. The van der Waals surface area contributed by atoms with E-state index in [0.717, 1.165) is 85.5 Å². The number of carbonyl (C=O) groups excluding carboxylic acids is 1. The van der Waals surface area contributed by atoms with Crippen molar-refractivity contribution in [2.24, 2.45) is 7.05 Å². The molecule has 2 fully saturated rings. The predicted molar refractivity (Wildman–Crippen MR) is 179 cm³/mol. The summed E-state index contributed by atoms with van der Waals surface area (Å²) in [5.74, 6) is -0.0254. The molecule has 7 nitrogen and oxygen atoms in total. The van der Waals surface area contributed by atoms with E-state index in [1.54, 1.807) is 6.20 Å². The van der Waals surface area contributed by atoms with Gasteiger partial charge in [0.1, 0.15) is 5.65 Å². The Morgan fingerprint density at radius 1 is 1.02 bits per heavy atom. The number of nitrogens with one attached hydrogen (secondary N) is 1. The smallest absolute Gasteiger partial charge is 0.251 e. The van der Waals surface area contributed by atoms with E-state index in [9.17, 15) is 4.79 Å². The second-order valence-corrected chi connectivity index (χ2v) is 12.5. The van der Waals surface area contributed by atoms with Crippen LogP contribution in [-0.2, 0) is 7.05 Å². The van der Waals surface area contributed by atoms with Gasteiger partial charge < -0.3 is 24.6 Å². The van der Waals surface area contributed by atoms with Crippen LogP contribution >= 0.6 is 11.6 Å². The average Bonchev–Trinajstić information content (AvgIpc) is 3.31. The van der Waals surface area contributed by atoms with Crippen molar-refractivity contribution < 1.29 is 4.79 Å². The van der Waals surface area contributed by atoms with Crippen LogP contribution in [0.25, 0.3) is 27.7 Å². The molecule has 1 N–H and O–H groups in total. The molecule has 0 unspecified atom stereocenters. The number of likely N-dealkylation sites (N-methyl/N-ethyl adjacent to an activating group) is 1. The zero-order chi connectivity index (χ0) is 30.7. The van der Waals surface area contributed by atoms with Crippen molar-refractivity contribution in [3.8, 4) is 11.1 Å². The highest BCUT2D eigenvalue weighted by Crippen LogP contribution is 2.40. The van der Waals surface area contributed by atoms with Gasteiger partial charge in [-0.2, -0.15) is 0 Å². The van der Waals surface area contributed by atoms with Gasteiger partial charge in [0.05, 0.1) is 10.7 Å². The number of pyridine rings is 1. The zero-order valence-electron chi connectivity index (χ0n) is 26.2. The number of benzene rings is 1. The number of rotatable bonds is 8. The molecule has 0 spiro atoms. The maximum absolute atomic E-state index is 13.2. The van der Waals surface area contributed by atoms with Crippen molar-refractivity contribution in [3.05, 3.63) is 83.3 Å². The molecule has 2 aromatic heterocycles. The van der Waals surface area contributed by atoms with Crippen molar-refractivity contribution >= 4 is 34.1 Å². The Labute approximate surface area is 261 Å². The summed E-state index contributed by atoms with van der Waals surface area (Å²) in [5.41, 5.74) is 6.41. The number of amides is 1. The highest BCUT2D eigenvalue weighted by molar-refractivity contribution is 6.36. The fraction of sp³-hybridized carbons (Fsp3) is 0.429.